The number of rotatable bonds is 4. The third-order valence-electron chi connectivity index (χ3n) is 1.54. The molecule has 8 heteroatoms. The van der Waals surface area contributed by atoms with Gasteiger partial charge in [-0.2, -0.15) is 9.40 Å². The Morgan fingerprint density at radius 1 is 1.79 bits per heavy atom. The standard InChI is InChI=1S/C6H10N4O2S2/c1-10(4-5(7)13)14(11,12)6-2-3-8-9-6/h2-3H,4H2,1H3,(H2,7,13)(H,8,9). The lowest BCUT2D eigenvalue weighted by molar-refractivity contribution is 0.502. The van der Waals surface area contributed by atoms with Crippen molar-refractivity contribution in [1.29, 1.82) is 0 Å². The molecule has 1 aromatic rings. The Hall–Kier alpha value is -0.990. The number of nitrogens with two attached hydrogens (primary N) is 1. The van der Waals surface area contributed by atoms with Crippen molar-refractivity contribution in [2.45, 2.75) is 5.03 Å². The topological polar surface area (TPSA) is 92.1 Å². The van der Waals surface area contributed by atoms with Gasteiger partial charge in [0.25, 0.3) is 10.0 Å². The summed E-state index contributed by atoms with van der Waals surface area (Å²) in [4.78, 5) is 0.121. The molecular weight excluding hydrogens is 224 g/mol. The summed E-state index contributed by atoms with van der Waals surface area (Å²) >= 11 is 4.62. The molecule has 0 unspecified atom stereocenters. The fraction of sp³-hybridized carbons (Fsp3) is 0.333. The lowest BCUT2D eigenvalue weighted by Gasteiger charge is -2.14. The minimum Gasteiger partial charge on any atom is -0.392 e. The Morgan fingerprint density at radius 2 is 2.43 bits per heavy atom. The highest BCUT2D eigenvalue weighted by Gasteiger charge is 2.22. The van der Waals surface area contributed by atoms with Crippen LogP contribution in [-0.2, 0) is 10.0 Å². The molecule has 14 heavy (non-hydrogen) atoms. The van der Waals surface area contributed by atoms with E-state index in [4.69, 9.17) is 5.73 Å². The van der Waals surface area contributed by atoms with Crippen molar-refractivity contribution >= 4 is 27.2 Å². The zero-order valence-corrected chi connectivity index (χ0v) is 9.10. The maximum atomic E-state index is 11.7. The number of hydrogen-bond donors (Lipinski definition) is 2. The summed E-state index contributed by atoms with van der Waals surface area (Å²) < 4.78 is 24.4. The highest BCUT2D eigenvalue weighted by Crippen LogP contribution is 2.09. The van der Waals surface area contributed by atoms with Gasteiger partial charge in [0, 0.05) is 7.05 Å². The first-order valence-electron chi connectivity index (χ1n) is 3.68. The van der Waals surface area contributed by atoms with E-state index in [1.807, 2.05) is 0 Å². The predicted octanol–water partition coefficient (Wildman–Crippen LogP) is -0.684. The third-order valence-corrected chi connectivity index (χ3v) is 3.40. The van der Waals surface area contributed by atoms with Crippen LogP contribution in [0.3, 0.4) is 0 Å². The molecule has 6 nitrogen and oxygen atoms in total. The highest BCUT2D eigenvalue weighted by molar-refractivity contribution is 7.89. The largest absolute Gasteiger partial charge is 0.392 e. The van der Waals surface area contributed by atoms with Gasteiger partial charge in [-0.25, -0.2) is 8.42 Å². The molecule has 0 atom stereocenters. The maximum Gasteiger partial charge on any atom is 0.260 e. The Morgan fingerprint density at radius 3 is 2.86 bits per heavy atom. The lowest BCUT2D eigenvalue weighted by Crippen LogP contribution is -2.34. The lowest BCUT2D eigenvalue weighted by atomic mass is 10.7. The van der Waals surface area contributed by atoms with Gasteiger partial charge >= 0.3 is 0 Å². The van der Waals surface area contributed by atoms with Crippen LogP contribution in [0.5, 0.6) is 0 Å². The number of aromatic amines is 1. The Balaban J connectivity index is 2.92. The van der Waals surface area contributed by atoms with Crippen LogP contribution in [0.15, 0.2) is 17.3 Å². The van der Waals surface area contributed by atoms with Gasteiger partial charge in [0.05, 0.1) is 17.7 Å². The molecule has 0 amide bonds. The van der Waals surface area contributed by atoms with E-state index >= 15 is 0 Å². The van der Waals surface area contributed by atoms with Crippen molar-refractivity contribution in [2.75, 3.05) is 13.6 Å². The monoisotopic (exact) mass is 234 g/mol. The molecule has 1 rings (SSSR count). The number of thiocarbonyl (C=S) groups is 1. The zero-order valence-electron chi connectivity index (χ0n) is 7.47. The van der Waals surface area contributed by atoms with Crippen molar-refractivity contribution in [3.8, 4) is 0 Å². The molecule has 0 spiro atoms. The fourth-order valence-electron chi connectivity index (χ4n) is 0.859. The number of aromatic nitrogens is 2. The van der Waals surface area contributed by atoms with E-state index in [0.29, 0.717) is 0 Å². The van der Waals surface area contributed by atoms with E-state index < -0.39 is 10.0 Å². The van der Waals surface area contributed by atoms with Gasteiger partial charge < -0.3 is 5.73 Å². The van der Waals surface area contributed by atoms with Gasteiger partial charge in [-0.05, 0) is 6.07 Å². The Kier molecular flexibility index (Phi) is 3.19. The minimum absolute atomic E-state index is 0.0106. The summed E-state index contributed by atoms with van der Waals surface area (Å²) in [6.45, 7) is 0.0106. The smallest absolute Gasteiger partial charge is 0.260 e. The van der Waals surface area contributed by atoms with E-state index in [0.717, 1.165) is 4.31 Å². The van der Waals surface area contributed by atoms with Crippen molar-refractivity contribution in [3.63, 3.8) is 0 Å². The summed E-state index contributed by atoms with van der Waals surface area (Å²) in [6, 6.07) is 1.37. The maximum absolute atomic E-state index is 11.7. The van der Waals surface area contributed by atoms with E-state index in [1.54, 1.807) is 0 Å². The first kappa shape index (κ1) is 11.1. The van der Waals surface area contributed by atoms with Gasteiger partial charge in [-0.3, -0.25) is 5.10 Å². The van der Waals surface area contributed by atoms with Crippen LogP contribution in [0.1, 0.15) is 0 Å². The second kappa shape index (κ2) is 4.03. The van der Waals surface area contributed by atoms with Crippen LogP contribution in [0.25, 0.3) is 0 Å². The third kappa shape index (κ3) is 2.28. The van der Waals surface area contributed by atoms with Crippen molar-refractivity contribution in [3.05, 3.63) is 12.3 Å². The number of likely N-dealkylation sites (N-methyl/N-ethyl adjacent to an activating group) is 1. The molecule has 0 aliphatic carbocycles. The number of hydrogen-bond acceptors (Lipinski definition) is 4. The van der Waals surface area contributed by atoms with Crippen LogP contribution >= 0.6 is 12.2 Å². The summed E-state index contributed by atoms with van der Waals surface area (Å²) in [6.07, 6.45) is 1.36. The quantitative estimate of drug-likeness (QED) is 0.673. The van der Waals surface area contributed by atoms with Crippen molar-refractivity contribution in [2.24, 2.45) is 5.73 Å². The van der Waals surface area contributed by atoms with Crippen LogP contribution < -0.4 is 5.73 Å². The van der Waals surface area contributed by atoms with Crippen LogP contribution in [0, 0.1) is 0 Å². The zero-order chi connectivity index (χ0) is 10.8. The van der Waals surface area contributed by atoms with E-state index in [9.17, 15) is 8.42 Å². The number of nitrogens with one attached hydrogen (secondary N) is 1. The number of sulfonamides is 1. The number of H-pyrrole nitrogens is 1. The summed E-state index contributed by atoms with van der Waals surface area (Å²) in [5.41, 5.74) is 5.24. The van der Waals surface area contributed by atoms with Crippen molar-refractivity contribution < 1.29 is 8.42 Å². The van der Waals surface area contributed by atoms with Gasteiger partial charge in [-0.1, -0.05) is 12.2 Å². The second-order valence-electron chi connectivity index (χ2n) is 2.65. The fourth-order valence-corrected chi connectivity index (χ4v) is 2.18. The van der Waals surface area contributed by atoms with E-state index in [2.05, 4.69) is 22.4 Å². The summed E-state index contributed by atoms with van der Waals surface area (Å²) in [7, 11) is -2.14. The number of nitrogens with zero attached hydrogens (tertiary/aromatic N) is 2. The summed E-state index contributed by atoms with van der Waals surface area (Å²) in [5, 5.41) is 5.95. The Bertz CT molecular complexity index is 411. The summed E-state index contributed by atoms with van der Waals surface area (Å²) in [5.74, 6) is 0. The average Bonchev–Trinajstić information content (AvgIpc) is 2.54. The van der Waals surface area contributed by atoms with Crippen molar-refractivity contribution in [1.82, 2.24) is 14.5 Å². The van der Waals surface area contributed by atoms with E-state index in [1.165, 1.54) is 19.3 Å². The molecule has 3 N–H and O–H groups in total. The second-order valence-corrected chi connectivity index (χ2v) is 5.19. The molecule has 1 heterocycles. The first-order valence-corrected chi connectivity index (χ1v) is 5.53. The SMILES string of the molecule is CN(CC(N)=S)S(=O)(=O)c1ccn[nH]1. The van der Waals surface area contributed by atoms with Crippen LogP contribution in [0.4, 0.5) is 0 Å². The molecule has 0 saturated carbocycles. The molecule has 78 valence electrons. The minimum atomic E-state index is -3.54. The molecule has 1 aromatic heterocycles. The van der Waals surface area contributed by atoms with E-state index in [-0.39, 0.29) is 16.6 Å². The van der Waals surface area contributed by atoms with Gasteiger partial charge in [-0.15, -0.1) is 0 Å². The molecule has 0 aliphatic heterocycles. The molecule has 0 bridgehead atoms. The van der Waals surface area contributed by atoms with Crippen LogP contribution in [0.2, 0.25) is 0 Å². The van der Waals surface area contributed by atoms with Crippen LogP contribution in [-0.4, -0.2) is 41.5 Å². The average molecular weight is 234 g/mol. The predicted molar refractivity (Wildman–Crippen MR) is 55.2 cm³/mol. The molecule has 0 aliphatic rings. The van der Waals surface area contributed by atoms with Gasteiger partial charge in [0.15, 0.2) is 5.03 Å². The molecule has 0 fully saturated rings. The highest BCUT2D eigenvalue weighted by atomic mass is 32.2. The molecule has 0 saturated heterocycles. The molecule has 0 radical (unpaired) electrons. The first-order chi connectivity index (χ1) is 6.44. The van der Waals surface area contributed by atoms with Gasteiger partial charge in [0.1, 0.15) is 0 Å². The molecular formula is C6H10N4O2S2. The molecule has 0 aromatic carbocycles. The Labute approximate surface area is 87.1 Å². The van der Waals surface area contributed by atoms with Gasteiger partial charge in [0.2, 0.25) is 0 Å². The normalized spacial score (nSPS) is 11.9.